The fourth-order valence-electron chi connectivity index (χ4n) is 3.18. The van der Waals surface area contributed by atoms with E-state index in [4.69, 9.17) is 6.57 Å². The molecule has 0 amide bonds. The molecule has 6 heteroatoms. The van der Waals surface area contributed by atoms with Gasteiger partial charge in [0.2, 0.25) is 5.69 Å². The van der Waals surface area contributed by atoms with E-state index in [1.54, 1.807) is 17.5 Å². The Kier molecular flexibility index (Phi) is 3.94. The van der Waals surface area contributed by atoms with Gasteiger partial charge in [-0.25, -0.2) is 9.83 Å². The van der Waals surface area contributed by atoms with E-state index in [0.29, 0.717) is 5.69 Å². The van der Waals surface area contributed by atoms with Gasteiger partial charge in [-0.15, -0.1) is 11.3 Å². The number of nitrogens with zero attached hydrogens (tertiary/aromatic N) is 5. The van der Waals surface area contributed by atoms with Crippen molar-refractivity contribution in [2.45, 2.75) is 26.8 Å². The molecular formula is C19H17N5S. The summed E-state index contributed by atoms with van der Waals surface area (Å²) < 4.78 is 0. The highest BCUT2D eigenvalue weighted by molar-refractivity contribution is 7.15. The second kappa shape index (κ2) is 6.26. The third-order valence-electron chi connectivity index (χ3n) is 4.41. The fraction of sp³-hybridized carbons (Fsp3) is 0.263. The smallest absolute Gasteiger partial charge is 0.205 e. The molecule has 0 aromatic carbocycles. The van der Waals surface area contributed by atoms with Crippen molar-refractivity contribution in [1.82, 2.24) is 15.0 Å². The normalized spacial score (nSPS) is 13.4. The number of aryl methyl sites for hydroxylation is 2. The van der Waals surface area contributed by atoms with Gasteiger partial charge in [0.1, 0.15) is 5.82 Å². The van der Waals surface area contributed by atoms with Crippen LogP contribution in [0.3, 0.4) is 0 Å². The lowest BCUT2D eigenvalue weighted by atomic mass is 10.0. The summed E-state index contributed by atoms with van der Waals surface area (Å²) in [5.41, 5.74) is 5.16. The molecule has 0 unspecified atom stereocenters. The van der Waals surface area contributed by atoms with Crippen molar-refractivity contribution in [3.8, 4) is 10.4 Å². The lowest BCUT2D eigenvalue weighted by Gasteiger charge is -2.30. The van der Waals surface area contributed by atoms with Gasteiger partial charge in [-0.1, -0.05) is 0 Å². The quantitative estimate of drug-likeness (QED) is 0.647. The molecule has 0 N–H and O–H groups in total. The summed E-state index contributed by atoms with van der Waals surface area (Å²) in [7, 11) is 0. The molecule has 0 atom stereocenters. The predicted octanol–water partition coefficient (Wildman–Crippen LogP) is 4.33. The SMILES string of the molecule is [C-]#[N+]c1cnc(N2CCc3ncc(-c4cnc(C)s4)cc3C2)c(C)c1. The zero-order chi connectivity index (χ0) is 17.4. The van der Waals surface area contributed by atoms with Crippen LogP contribution in [0.15, 0.2) is 30.7 Å². The molecule has 5 nitrogen and oxygen atoms in total. The van der Waals surface area contributed by atoms with E-state index in [0.717, 1.165) is 52.0 Å². The Labute approximate surface area is 150 Å². The number of hydrogen-bond acceptors (Lipinski definition) is 5. The summed E-state index contributed by atoms with van der Waals surface area (Å²) in [6.07, 6.45) is 6.43. The molecular weight excluding hydrogens is 330 g/mol. The number of pyridine rings is 2. The van der Waals surface area contributed by atoms with Crippen LogP contribution in [0.1, 0.15) is 21.8 Å². The molecule has 0 radical (unpaired) electrons. The predicted molar refractivity (Wildman–Crippen MR) is 100 cm³/mol. The van der Waals surface area contributed by atoms with E-state index in [2.05, 4.69) is 30.8 Å². The van der Waals surface area contributed by atoms with E-state index in [1.807, 2.05) is 32.3 Å². The van der Waals surface area contributed by atoms with Crippen molar-refractivity contribution >= 4 is 22.8 Å². The van der Waals surface area contributed by atoms with Crippen LogP contribution >= 0.6 is 11.3 Å². The van der Waals surface area contributed by atoms with Crippen molar-refractivity contribution in [3.63, 3.8) is 0 Å². The summed E-state index contributed by atoms with van der Waals surface area (Å²) in [6, 6.07) is 4.13. The maximum atomic E-state index is 7.12. The highest BCUT2D eigenvalue weighted by Gasteiger charge is 2.20. The van der Waals surface area contributed by atoms with Crippen molar-refractivity contribution in [3.05, 3.63) is 64.0 Å². The molecule has 3 aromatic heterocycles. The molecule has 0 fully saturated rings. The minimum Gasteiger partial charge on any atom is -0.352 e. The third-order valence-corrected chi connectivity index (χ3v) is 5.37. The average molecular weight is 347 g/mol. The number of thiazole rings is 1. The van der Waals surface area contributed by atoms with E-state index in [9.17, 15) is 0 Å². The largest absolute Gasteiger partial charge is 0.352 e. The monoisotopic (exact) mass is 347 g/mol. The second-order valence-electron chi connectivity index (χ2n) is 6.19. The number of anilines is 1. The van der Waals surface area contributed by atoms with E-state index >= 15 is 0 Å². The maximum Gasteiger partial charge on any atom is 0.205 e. The van der Waals surface area contributed by atoms with Crippen molar-refractivity contribution in [2.24, 2.45) is 0 Å². The molecule has 124 valence electrons. The van der Waals surface area contributed by atoms with Crippen LogP contribution < -0.4 is 4.90 Å². The molecule has 25 heavy (non-hydrogen) atoms. The van der Waals surface area contributed by atoms with E-state index in [1.165, 1.54) is 5.56 Å². The van der Waals surface area contributed by atoms with Crippen molar-refractivity contribution in [2.75, 3.05) is 11.4 Å². The zero-order valence-corrected chi connectivity index (χ0v) is 15.0. The Morgan fingerprint density at radius 2 is 2.00 bits per heavy atom. The van der Waals surface area contributed by atoms with Crippen LogP contribution in [0, 0.1) is 20.4 Å². The van der Waals surface area contributed by atoms with Gasteiger partial charge in [0.25, 0.3) is 0 Å². The van der Waals surface area contributed by atoms with Gasteiger partial charge >= 0.3 is 0 Å². The van der Waals surface area contributed by atoms with Crippen molar-refractivity contribution in [1.29, 1.82) is 0 Å². The molecule has 0 spiro atoms. The number of rotatable bonds is 2. The van der Waals surface area contributed by atoms with Crippen LogP contribution in [0.5, 0.6) is 0 Å². The van der Waals surface area contributed by atoms with Crippen LogP contribution in [0.2, 0.25) is 0 Å². The molecule has 1 aliphatic rings. The van der Waals surface area contributed by atoms with Crippen LogP contribution in [-0.4, -0.2) is 21.5 Å². The summed E-state index contributed by atoms with van der Waals surface area (Å²) >= 11 is 1.69. The van der Waals surface area contributed by atoms with Crippen LogP contribution in [0.25, 0.3) is 15.3 Å². The van der Waals surface area contributed by atoms with Gasteiger partial charge in [-0.2, -0.15) is 0 Å². The van der Waals surface area contributed by atoms with Gasteiger partial charge in [0, 0.05) is 49.4 Å². The molecule has 0 saturated heterocycles. The minimum atomic E-state index is 0.586. The Balaban J connectivity index is 1.65. The van der Waals surface area contributed by atoms with Gasteiger partial charge in [-0.3, -0.25) is 9.97 Å². The van der Waals surface area contributed by atoms with E-state index < -0.39 is 0 Å². The highest BCUT2D eigenvalue weighted by atomic mass is 32.1. The Morgan fingerprint density at radius 3 is 2.72 bits per heavy atom. The van der Waals surface area contributed by atoms with Gasteiger partial charge in [-0.05, 0) is 37.1 Å². The zero-order valence-electron chi connectivity index (χ0n) is 14.2. The van der Waals surface area contributed by atoms with E-state index in [-0.39, 0.29) is 0 Å². The number of hydrogen-bond donors (Lipinski definition) is 0. The van der Waals surface area contributed by atoms with Crippen LogP contribution in [-0.2, 0) is 13.0 Å². The molecule has 0 saturated carbocycles. The lowest BCUT2D eigenvalue weighted by molar-refractivity contribution is 0.701. The minimum absolute atomic E-state index is 0.586. The van der Waals surface area contributed by atoms with Crippen LogP contribution in [0.4, 0.5) is 11.5 Å². The first-order valence-corrected chi connectivity index (χ1v) is 8.95. The first-order chi connectivity index (χ1) is 12.1. The molecule has 0 aliphatic carbocycles. The second-order valence-corrected chi connectivity index (χ2v) is 7.43. The summed E-state index contributed by atoms with van der Waals surface area (Å²) in [5.74, 6) is 0.956. The molecule has 1 aliphatic heterocycles. The third kappa shape index (κ3) is 2.99. The highest BCUT2D eigenvalue weighted by Crippen LogP contribution is 2.31. The fourth-order valence-corrected chi connectivity index (χ4v) is 3.94. The lowest BCUT2D eigenvalue weighted by Crippen LogP contribution is -2.32. The number of aromatic nitrogens is 3. The first kappa shape index (κ1) is 15.7. The first-order valence-electron chi connectivity index (χ1n) is 8.13. The standard InChI is InChI=1S/C19H17N5S/c1-12-6-16(20-3)9-23-19(12)24-5-4-17-15(11-24)7-14(8-22-17)18-10-21-13(2)25-18/h6-10H,4-5,11H2,1-2H3. The molecule has 0 bridgehead atoms. The number of fused-ring (bicyclic) bond motifs is 1. The molecule has 4 heterocycles. The average Bonchev–Trinajstić information content (AvgIpc) is 3.07. The summed E-state index contributed by atoms with van der Waals surface area (Å²) in [4.78, 5) is 20.4. The van der Waals surface area contributed by atoms with Crippen molar-refractivity contribution < 1.29 is 0 Å². The van der Waals surface area contributed by atoms with Gasteiger partial charge < -0.3 is 4.90 Å². The van der Waals surface area contributed by atoms with Gasteiger partial charge in [0.15, 0.2) is 0 Å². The maximum absolute atomic E-state index is 7.12. The Morgan fingerprint density at radius 1 is 1.12 bits per heavy atom. The van der Waals surface area contributed by atoms with Gasteiger partial charge in [0.05, 0.1) is 16.5 Å². The Bertz CT molecular complexity index is 986. The molecule has 3 aromatic rings. The summed E-state index contributed by atoms with van der Waals surface area (Å²) in [6.45, 7) is 12.8. The Hall–Kier alpha value is -2.78. The molecule has 4 rings (SSSR count). The topological polar surface area (TPSA) is 46.3 Å². The summed E-state index contributed by atoms with van der Waals surface area (Å²) in [5, 5.41) is 1.06.